The van der Waals surface area contributed by atoms with E-state index in [1.54, 1.807) is 0 Å². The van der Waals surface area contributed by atoms with Gasteiger partial charge in [0.05, 0.1) is 26.7 Å². The van der Waals surface area contributed by atoms with E-state index < -0.39 is 5.82 Å². The van der Waals surface area contributed by atoms with Crippen LogP contribution in [0.3, 0.4) is 0 Å². The van der Waals surface area contributed by atoms with Crippen molar-refractivity contribution in [1.29, 1.82) is 5.26 Å². The molecule has 0 fully saturated rings. The highest BCUT2D eigenvalue weighted by atomic mass is 19.1. The second-order valence-corrected chi connectivity index (χ2v) is 2.61. The maximum atomic E-state index is 13.2. The Hall–Kier alpha value is -1.76. The van der Waals surface area contributed by atoms with Crippen LogP contribution in [0.1, 0.15) is 5.56 Å². The molecule has 0 saturated heterocycles. The Kier molecular flexibility index (Phi) is 3.29. The molecule has 0 amide bonds. The number of halogens is 1. The second kappa shape index (κ2) is 4.47. The quantitative estimate of drug-likeness (QED) is 0.739. The molecular formula is C10H10FNO2. The molecule has 0 saturated carbocycles. The SMILES string of the molecule is COc1c(F)ccc(CC#N)c1OC. The minimum absolute atomic E-state index is 0.0419. The van der Waals surface area contributed by atoms with Gasteiger partial charge in [0.15, 0.2) is 17.3 Å². The molecule has 3 nitrogen and oxygen atoms in total. The van der Waals surface area contributed by atoms with Gasteiger partial charge in [-0.1, -0.05) is 6.07 Å². The highest BCUT2D eigenvalue weighted by Gasteiger charge is 2.14. The molecule has 4 heteroatoms. The van der Waals surface area contributed by atoms with Gasteiger partial charge in [-0.05, 0) is 6.07 Å². The summed E-state index contributed by atoms with van der Waals surface area (Å²) in [6.07, 6.45) is 0.166. The van der Waals surface area contributed by atoms with E-state index in [2.05, 4.69) is 0 Å². The van der Waals surface area contributed by atoms with Crippen LogP contribution in [0.5, 0.6) is 11.5 Å². The zero-order valence-electron chi connectivity index (χ0n) is 8.00. The van der Waals surface area contributed by atoms with Crippen molar-refractivity contribution in [2.75, 3.05) is 14.2 Å². The van der Waals surface area contributed by atoms with Crippen LogP contribution in [0.2, 0.25) is 0 Å². The lowest BCUT2D eigenvalue weighted by molar-refractivity contribution is 0.335. The number of ether oxygens (including phenoxy) is 2. The van der Waals surface area contributed by atoms with Crippen molar-refractivity contribution in [3.63, 3.8) is 0 Å². The predicted molar refractivity (Wildman–Crippen MR) is 48.8 cm³/mol. The predicted octanol–water partition coefficient (Wildman–Crippen LogP) is 1.91. The molecule has 1 aromatic rings. The molecule has 0 aliphatic rings. The van der Waals surface area contributed by atoms with E-state index >= 15 is 0 Å². The summed E-state index contributed by atoms with van der Waals surface area (Å²) >= 11 is 0. The number of hydrogen-bond acceptors (Lipinski definition) is 3. The maximum Gasteiger partial charge on any atom is 0.197 e. The van der Waals surface area contributed by atoms with Crippen molar-refractivity contribution in [1.82, 2.24) is 0 Å². The van der Waals surface area contributed by atoms with Crippen LogP contribution in [0, 0.1) is 17.1 Å². The van der Waals surface area contributed by atoms with Crippen LogP contribution in [0.15, 0.2) is 12.1 Å². The number of rotatable bonds is 3. The van der Waals surface area contributed by atoms with Crippen LogP contribution >= 0.6 is 0 Å². The molecule has 0 atom stereocenters. The van der Waals surface area contributed by atoms with E-state index in [9.17, 15) is 4.39 Å². The average molecular weight is 195 g/mol. The van der Waals surface area contributed by atoms with Gasteiger partial charge in [-0.3, -0.25) is 0 Å². The highest BCUT2D eigenvalue weighted by Crippen LogP contribution is 2.33. The molecule has 1 rings (SSSR count). The van der Waals surface area contributed by atoms with E-state index in [1.165, 1.54) is 26.4 Å². The second-order valence-electron chi connectivity index (χ2n) is 2.61. The summed E-state index contributed by atoms with van der Waals surface area (Å²) < 4.78 is 23.0. The monoisotopic (exact) mass is 195 g/mol. The van der Waals surface area contributed by atoms with Crippen LogP contribution in [0.25, 0.3) is 0 Å². The normalized spacial score (nSPS) is 9.29. The minimum Gasteiger partial charge on any atom is -0.492 e. The van der Waals surface area contributed by atoms with Crippen molar-refractivity contribution >= 4 is 0 Å². The molecule has 0 aliphatic carbocycles. The highest BCUT2D eigenvalue weighted by molar-refractivity contribution is 5.48. The van der Waals surface area contributed by atoms with Crippen molar-refractivity contribution < 1.29 is 13.9 Å². The first kappa shape index (κ1) is 10.3. The molecule has 0 N–H and O–H groups in total. The van der Waals surface area contributed by atoms with Gasteiger partial charge in [0.25, 0.3) is 0 Å². The van der Waals surface area contributed by atoms with Gasteiger partial charge in [0.2, 0.25) is 0 Å². The fourth-order valence-corrected chi connectivity index (χ4v) is 1.22. The molecule has 0 aromatic heterocycles. The Morgan fingerprint density at radius 3 is 2.43 bits per heavy atom. The summed E-state index contributed by atoms with van der Waals surface area (Å²) in [7, 11) is 2.77. The van der Waals surface area contributed by atoms with Gasteiger partial charge in [-0.25, -0.2) is 4.39 Å². The first-order valence-electron chi connectivity index (χ1n) is 4.01. The summed E-state index contributed by atoms with van der Waals surface area (Å²) in [5, 5.41) is 8.53. The van der Waals surface area contributed by atoms with Crippen molar-refractivity contribution in [3.05, 3.63) is 23.5 Å². The summed E-state index contributed by atoms with van der Waals surface area (Å²) in [4.78, 5) is 0. The molecule has 0 unspecified atom stereocenters. The lowest BCUT2D eigenvalue weighted by Crippen LogP contribution is -1.98. The van der Waals surface area contributed by atoms with E-state index in [0.29, 0.717) is 5.56 Å². The van der Waals surface area contributed by atoms with Crippen LogP contribution in [-0.4, -0.2) is 14.2 Å². The van der Waals surface area contributed by atoms with E-state index in [1.807, 2.05) is 6.07 Å². The van der Waals surface area contributed by atoms with Crippen LogP contribution < -0.4 is 9.47 Å². The smallest absolute Gasteiger partial charge is 0.197 e. The zero-order chi connectivity index (χ0) is 10.6. The van der Waals surface area contributed by atoms with Crippen molar-refractivity contribution in [2.45, 2.75) is 6.42 Å². The van der Waals surface area contributed by atoms with Crippen LogP contribution in [0.4, 0.5) is 4.39 Å². The van der Waals surface area contributed by atoms with E-state index in [0.717, 1.165) is 0 Å². The Labute approximate surface area is 81.7 Å². The third-order valence-corrected chi connectivity index (χ3v) is 1.82. The van der Waals surface area contributed by atoms with E-state index in [4.69, 9.17) is 14.7 Å². The molecule has 74 valence electrons. The molecule has 0 heterocycles. The fourth-order valence-electron chi connectivity index (χ4n) is 1.22. The Balaban J connectivity index is 3.27. The van der Waals surface area contributed by atoms with Crippen molar-refractivity contribution in [3.8, 4) is 17.6 Å². The van der Waals surface area contributed by atoms with Gasteiger partial charge >= 0.3 is 0 Å². The number of nitriles is 1. The molecule has 0 radical (unpaired) electrons. The molecule has 0 aliphatic heterocycles. The minimum atomic E-state index is -0.494. The first-order valence-corrected chi connectivity index (χ1v) is 4.01. The summed E-state index contributed by atoms with van der Waals surface area (Å²) in [6, 6.07) is 4.74. The van der Waals surface area contributed by atoms with E-state index in [-0.39, 0.29) is 17.9 Å². The number of methoxy groups -OCH3 is 2. The van der Waals surface area contributed by atoms with Gasteiger partial charge in [0, 0.05) is 5.56 Å². The third-order valence-electron chi connectivity index (χ3n) is 1.82. The molecule has 14 heavy (non-hydrogen) atoms. The number of benzene rings is 1. The summed E-state index contributed by atoms with van der Waals surface area (Å²) in [6.45, 7) is 0. The Morgan fingerprint density at radius 2 is 1.93 bits per heavy atom. The Morgan fingerprint density at radius 1 is 1.29 bits per heavy atom. The summed E-state index contributed by atoms with van der Waals surface area (Å²) in [5.74, 6) is -0.166. The average Bonchev–Trinajstić information content (AvgIpc) is 2.20. The molecule has 0 bridgehead atoms. The molecule has 0 spiro atoms. The van der Waals surface area contributed by atoms with Crippen LogP contribution in [-0.2, 0) is 6.42 Å². The van der Waals surface area contributed by atoms with Gasteiger partial charge < -0.3 is 9.47 Å². The largest absolute Gasteiger partial charge is 0.492 e. The summed E-state index contributed by atoms with van der Waals surface area (Å²) in [5.41, 5.74) is 0.619. The molecule has 1 aromatic carbocycles. The zero-order valence-corrected chi connectivity index (χ0v) is 8.00. The Bertz CT molecular complexity index is 371. The fraction of sp³-hybridized carbons (Fsp3) is 0.300. The van der Waals surface area contributed by atoms with Crippen molar-refractivity contribution in [2.24, 2.45) is 0 Å². The standard InChI is InChI=1S/C10H10FNO2/c1-13-9-7(5-6-12)3-4-8(11)10(9)14-2/h3-4H,5H2,1-2H3. The number of nitrogens with zero attached hydrogens (tertiary/aromatic N) is 1. The molecular weight excluding hydrogens is 185 g/mol. The topological polar surface area (TPSA) is 42.2 Å². The lowest BCUT2D eigenvalue weighted by Gasteiger charge is -2.11. The maximum absolute atomic E-state index is 13.2. The number of hydrogen-bond donors (Lipinski definition) is 0. The lowest BCUT2D eigenvalue weighted by atomic mass is 10.1. The third kappa shape index (κ3) is 1.77. The van der Waals surface area contributed by atoms with Gasteiger partial charge in [-0.15, -0.1) is 0 Å². The van der Waals surface area contributed by atoms with Gasteiger partial charge in [-0.2, -0.15) is 5.26 Å². The first-order chi connectivity index (χ1) is 6.74. The van der Waals surface area contributed by atoms with Gasteiger partial charge in [0.1, 0.15) is 0 Å².